The number of hydrogen-bond acceptors (Lipinski definition) is 2. The van der Waals surface area contributed by atoms with Gasteiger partial charge in [0.1, 0.15) is 0 Å². The normalized spacial score (nSPS) is 19.1. The molecule has 0 saturated heterocycles. The summed E-state index contributed by atoms with van der Waals surface area (Å²) in [5.41, 5.74) is 0. The summed E-state index contributed by atoms with van der Waals surface area (Å²) in [6.07, 6.45) is 5.63. The van der Waals surface area contributed by atoms with E-state index in [9.17, 15) is 0 Å². The summed E-state index contributed by atoms with van der Waals surface area (Å²) in [7, 11) is 0. The second-order valence-electron chi connectivity index (χ2n) is 2.82. The third kappa shape index (κ3) is 2.62. The fraction of sp³-hybridized carbons (Fsp3) is 0.875. The van der Waals surface area contributed by atoms with Gasteiger partial charge in [-0.15, -0.1) is 11.8 Å². The van der Waals surface area contributed by atoms with Crippen molar-refractivity contribution in [2.75, 3.05) is 11.5 Å². The Morgan fingerprint density at radius 2 is 2.10 bits per heavy atom. The van der Waals surface area contributed by atoms with Crippen molar-refractivity contribution in [3.63, 3.8) is 0 Å². The van der Waals surface area contributed by atoms with Crippen molar-refractivity contribution in [2.24, 2.45) is 5.92 Å². The van der Waals surface area contributed by atoms with Gasteiger partial charge in [0.15, 0.2) is 0 Å². The van der Waals surface area contributed by atoms with Gasteiger partial charge in [-0.3, -0.25) is 0 Å². The van der Waals surface area contributed by atoms with Crippen molar-refractivity contribution in [1.29, 1.82) is 5.26 Å². The van der Waals surface area contributed by atoms with Gasteiger partial charge in [0.2, 0.25) is 0 Å². The Kier molecular flexibility index (Phi) is 3.67. The predicted octanol–water partition coefficient (Wildman–Crippen LogP) is 2.43. The smallest absolute Gasteiger partial charge is 0.0808 e. The molecule has 1 rings (SSSR count). The van der Waals surface area contributed by atoms with Crippen molar-refractivity contribution in [2.45, 2.75) is 25.7 Å². The maximum Gasteiger partial charge on any atom is 0.0808 e. The van der Waals surface area contributed by atoms with Crippen molar-refractivity contribution in [3.8, 4) is 6.07 Å². The van der Waals surface area contributed by atoms with Crippen molar-refractivity contribution < 1.29 is 0 Å². The van der Waals surface area contributed by atoms with Gasteiger partial charge in [-0.05, 0) is 24.5 Å². The predicted molar refractivity (Wildman–Crippen MR) is 44.9 cm³/mol. The molecule has 2 heteroatoms. The monoisotopic (exact) mass is 155 g/mol. The Hall–Kier alpha value is -0.160. The minimum absolute atomic E-state index is 0.677. The summed E-state index contributed by atoms with van der Waals surface area (Å²) < 4.78 is 0. The zero-order chi connectivity index (χ0) is 7.23. The van der Waals surface area contributed by atoms with Crippen LogP contribution in [0.15, 0.2) is 0 Å². The molecular weight excluding hydrogens is 142 g/mol. The van der Waals surface area contributed by atoms with Crippen molar-refractivity contribution in [1.82, 2.24) is 0 Å². The first-order valence-corrected chi connectivity index (χ1v) is 5.03. The summed E-state index contributed by atoms with van der Waals surface area (Å²) in [4.78, 5) is 0. The van der Waals surface area contributed by atoms with Crippen LogP contribution in [0, 0.1) is 17.2 Å². The van der Waals surface area contributed by atoms with Crippen LogP contribution in [0.1, 0.15) is 25.7 Å². The molecule has 1 saturated carbocycles. The Bertz CT molecular complexity index is 122. The van der Waals surface area contributed by atoms with Crippen LogP contribution < -0.4 is 0 Å². The molecule has 0 aromatic carbocycles. The van der Waals surface area contributed by atoms with Crippen LogP contribution >= 0.6 is 11.8 Å². The Morgan fingerprint density at radius 1 is 1.40 bits per heavy atom. The van der Waals surface area contributed by atoms with E-state index in [0.29, 0.717) is 5.75 Å². The van der Waals surface area contributed by atoms with Crippen LogP contribution in [0.25, 0.3) is 0 Å². The van der Waals surface area contributed by atoms with Gasteiger partial charge in [-0.2, -0.15) is 5.26 Å². The second kappa shape index (κ2) is 4.62. The van der Waals surface area contributed by atoms with E-state index in [-0.39, 0.29) is 0 Å². The maximum absolute atomic E-state index is 8.27. The van der Waals surface area contributed by atoms with E-state index in [2.05, 4.69) is 6.07 Å². The molecule has 0 heterocycles. The van der Waals surface area contributed by atoms with Crippen LogP contribution in [0.2, 0.25) is 0 Å². The number of thioether (sulfide) groups is 1. The molecule has 0 unspecified atom stereocenters. The minimum atomic E-state index is 0.677. The van der Waals surface area contributed by atoms with Gasteiger partial charge in [0.25, 0.3) is 0 Å². The Balaban J connectivity index is 1.97. The molecule has 1 aliphatic carbocycles. The topological polar surface area (TPSA) is 23.8 Å². The van der Waals surface area contributed by atoms with Crippen LogP contribution in [0.3, 0.4) is 0 Å². The Labute approximate surface area is 66.8 Å². The van der Waals surface area contributed by atoms with E-state index in [1.807, 2.05) is 0 Å². The van der Waals surface area contributed by atoms with Crippen LogP contribution in [-0.4, -0.2) is 11.5 Å². The van der Waals surface area contributed by atoms with E-state index in [0.717, 1.165) is 5.92 Å². The number of nitrogens with zero attached hydrogens (tertiary/aromatic N) is 1. The van der Waals surface area contributed by atoms with Gasteiger partial charge in [0.05, 0.1) is 11.8 Å². The zero-order valence-electron chi connectivity index (χ0n) is 6.18. The van der Waals surface area contributed by atoms with Crippen LogP contribution in [0.5, 0.6) is 0 Å². The lowest BCUT2D eigenvalue weighted by atomic mass is 10.1. The first-order valence-electron chi connectivity index (χ1n) is 3.88. The lowest BCUT2D eigenvalue weighted by Crippen LogP contribution is -1.96. The molecule has 0 bridgehead atoms. The lowest BCUT2D eigenvalue weighted by Gasteiger charge is -2.04. The highest BCUT2D eigenvalue weighted by atomic mass is 32.2. The standard InChI is InChI=1S/C8H13NS/c9-5-6-10-7-8-3-1-2-4-8/h8H,1-4,6-7H2. The molecule has 56 valence electrons. The highest BCUT2D eigenvalue weighted by Crippen LogP contribution is 2.27. The van der Waals surface area contributed by atoms with Gasteiger partial charge in [-0.25, -0.2) is 0 Å². The first-order chi connectivity index (χ1) is 4.93. The second-order valence-corrected chi connectivity index (χ2v) is 3.85. The third-order valence-corrected chi connectivity index (χ3v) is 3.04. The average molecular weight is 155 g/mol. The molecule has 0 amide bonds. The number of rotatable bonds is 3. The highest BCUT2D eigenvalue weighted by molar-refractivity contribution is 7.99. The van der Waals surface area contributed by atoms with Crippen LogP contribution in [-0.2, 0) is 0 Å². The summed E-state index contributed by atoms with van der Waals surface area (Å²) >= 11 is 1.79. The molecule has 0 aliphatic heterocycles. The van der Waals surface area contributed by atoms with E-state index in [1.54, 1.807) is 11.8 Å². The fourth-order valence-electron chi connectivity index (χ4n) is 1.45. The summed E-state index contributed by atoms with van der Waals surface area (Å²) in [6, 6.07) is 2.15. The van der Waals surface area contributed by atoms with Gasteiger partial charge >= 0.3 is 0 Å². The summed E-state index contributed by atoms with van der Waals surface area (Å²) in [6.45, 7) is 0. The van der Waals surface area contributed by atoms with E-state index in [1.165, 1.54) is 31.4 Å². The molecule has 0 atom stereocenters. The van der Waals surface area contributed by atoms with Crippen LogP contribution in [0.4, 0.5) is 0 Å². The number of hydrogen-bond donors (Lipinski definition) is 0. The fourth-order valence-corrected chi connectivity index (χ4v) is 2.32. The molecule has 1 nitrogen and oxygen atoms in total. The molecule has 0 radical (unpaired) electrons. The SMILES string of the molecule is N#CCSCC1CCCC1. The first kappa shape index (κ1) is 7.94. The largest absolute Gasteiger partial charge is 0.197 e. The Morgan fingerprint density at radius 3 is 2.70 bits per heavy atom. The summed E-state index contributed by atoms with van der Waals surface area (Å²) in [5.74, 6) is 2.82. The molecule has 0 spiro atoms. The average Bonchev–Trinajstić information content (AvgIpc) is 2.41. The van der Waals surface area contributed by atoms with E-state index in [4.69, 9.17) is 5.26 Å². The van der Waals surface area contributed by atoms with Crippen molar-refractivity contribution >= 4 is 11.8 Å². The molecule has 1 fully saturated rings. The minimum Gasteiger partial charge on any atom is -0.197 e. The lowest BCUT2D eigenvalue weighted by molar-refractivity contribution is 0.623. The quantitative estimate of drug-likeness (QED) is 0.584. The van der Waals surface area contributed by atoms with Crippen molar-refractivity contribution in [3.05, 3.63) is 0 Å². The van der Waals surface area contributed by atoms with Gasteiger partial charge < -0.3 is 0 Å². The van der Waals surface area contributed by atoms with Gasteiger partial charge in [0, 0.05) is 0 Å². The molecule has 1 aliphatic rings. The zero-order valence-corrected chi connectivity index (χ0v) is 6.99. The molecular formula is C8H13NS. The highest BCUT2D eigenvalue weighted by Gasteiger charge is 2.13. The molecule has 0 N–H and O–H groups in total. The van der Waals surface area contributed by atoms with Gasteiger partial charge in [-0.1, -0.05) is 12.8 Å². The number of nitriles is 1. The van der Waals surface area contributed by atoms with E-state index >= 15 is 0 Å². The summed E-state index contributed by atoms with van der Waals surface area (Å²) in [5, 5.41) is 8.27. The molecule has 0 aromatic heterocycles. The molecule has 0 aromatic rings. The van der Waals surface area contributed by atoms with E-state index < -0.39 is 0 Å². The molecule has 10 heavy (non-hydrogen) atoms. The third-order valence-electron chi connectivity index (χ3n) is 1.99. The maximum atomic E-state index is 8.27.